The lowest BCUT2D eigenvalue weighted by molar-refractivity contribution is -0.138. The van der Waals surface area contributed by atoms with Gasteiger partial charge in [-0.2, -0.15) is 0 Å². The monoisotopic (exact) mass is 325 g/mol. The predicted molar refractivity (Wildman–Crippen MR) is 82.4 cm³/mol. The highest BCUT2D eigenvalue weighted by atomic mass is 35.5. The molecule has 0 aromatic rings. The highest BCUT2D eigenvalue weighted by Crippen LogP contribution is 1.94. The summed E-state index contributed by atoms with van der Waals surface area (Å²) in [5.74, 6) is -0.919. The van der Waals surface area contributed by atoms with Crippen molar-refractivity contribution in [2.24, 2.45) is 11.5 Å². The number of hydrogen-bond donors (Lipinski definition) is 4. The highest BCUT2D eigenvalue weighted by Gasteiger charge is 2.09. The molecule has 8 heteroatoms. The number of carboxylic acids is 1. The molecule has 0 aliphatic carbocycles. The first kappa shape index (κ1) is 26.7. The molecule has 0 aliphatic heterocycles. The van der Waals surface area contributed by atoms with Gasteiger partial charge in [0.05, 0.1) is 0 Å². The van der Waals surface area contributed by atoms with Gasteiger partial charge < -0.3 is 21.9 Å². The third-order valence-corrected chi connectivity index (χ3v) is 2.24. The van der Waals surface area contributed by atoms with Gasteiger partial charge in [-0.25, -0.2) is 0 Å². The molecule has 0 bridgehead atoms. The van der Waals surface area contributed by atoms with Crippen LogP contribution in [0.15, 0.2) is 0 Å². The summed E-state index contributed by atoms with van der Waals surface area (Å²) in [4.78, 5) is 10.4. The number of unbranched alkanes of at least 4 members (excludes halogenated alkanes) is 2. The Hall–Kier alpha value is 0.220. The number of carboxylic acid groups (broad SMARTS) is 1. The van der Waals surface area contributed by atoms with Gasteiger partial charge >= 0.3 is 5.97 Å². The van der Waals surface area contributed by atoms with E-state index in [4.69, 9.17) is 16.6 Å². The van der Waals surface area contributed by atoms with Gasteiger partial charge in [0.2, 0.25) is 0 Å². The Morgan fingerprint density at radius 2 is 1.61 bits per heavy atom. The fourth-order valence-electron chi connectivity index (χ4n) is 1.27. The topological polar surface area (TPSA) is 101 Å². The minimum Gasteiger partial charge on any atom is -0.480 e. The van der Waals surface area contributed by atoms with E-state index in [9.17, 15) is 4.79 Å². The van der Waals surface area contributed by atoms with Gasteiger partial charge in [-0.3, -0.25) is 4.79 Å². The zero-order valence-electron chi connectivity index (χ0n) is 10.5. The minimum absolute atomic E-state index is 0. The fourth-order valence-corrected chi connectivity index (χ4v) is 1.27. The summed E-state index contributed by atoms with van der Waals surface area (Å²) >= 11 is 0. The Kier molecular flexibility index (Phi) is 29.0. The Bertz CT molecular complexity index is 176. The van der Waals surface area contributed by atoms with E-state index >= 15 is 0 Å². The van der Waals surface area contributed by atoms with Gasteiger partial charge in [0, 0.05) is 0 Å². The van der Waals surface area contributed by atoms with Crippen molar-refractivity contribution in [2.75, 3.05) is 19.6 Å². The summed E-state index contributed by atoms with van der Waals surface area (Å²) < 4.78 is 0. The maximum atomic E-state index is 10.4. The number of carbonyl (C=O) groups is 1. The molecule has 0 saturated carbocycles. The van der Waals surface area contributed by atoms with Gasteiger partial charge in [0.25, 0.3) is 0 Å². The first-order valence-corrected chi connectivity index (χ1v) is 5.57. The van der Waals surface area contributed by atoms with E-state index in [-0.39, 0.29) is 37.2 Å². The van der Waals surface area contributed by atoms with E-state index in [1.54, 1.807) is 0 Å². The van der Waals surface area contributed by atoms with E-state index in [1.165, 1.54) is 0 Å². The third kappa shape index (κ3) is 18.6. The first-order chi connectivity index (χ1) is 7.18. The molecule has 0 amide bonds. The second-order valence-electron chi connectivity index (χ2n) is 3.69. The summed E-state index contributed by atoms with van der Waals surface area (Å²) in [5, 5.41) is 11.8. The molecule has 0 aliphatic rings. The van der Waals surface area contributed by atoms with Crippen LogP contribution in [0, 0.1) is 0 Å². The van der Waals surface area contributed by atoms with E-state index in [1.807, 2.05) is 0 Å². The maximum absolute atomic E-state index is 10.4. The van der Waals surface area contributed by atoms with Crippen LogP contribution in [0.25, 0.3) is 0 Å². The quantitative estimate of drug-likeness (QED) is 0.451. The van der Waals surface area contributed by atoms with Crippen LogP contribution in [0.3, 0.4) is 0 Å². The number of aliphatic carboxylic acids is 1. The van der Waals surface area contributed by atoms with Gasteiger partial charge in [0.1, 0.15) is 6.04 Å². The van der Waals surface area contributed by atoms with Crippen LogP contribution >= 0.6 is 37.2 Å². The van der Waals surface area contributed by atoms with Crippen molar-refractivity contribution in [3.05, 3.63) is 0 Å². The van der Waals surface area contributed by atoms with Crippen molar-refractivity contribution in [2.45, 2.75) is 38.1 Å². The number of nitrogens with two attached hydrogens (primary N) is 2. The van der Waals surface area contributed by atoms with E-state index in [0.29, 0.717) is 6.42 Å². The van der Waals surface area contributed by atoms with Crippen LogP contribution < -0.4 is 16.8 Å². The predicted octanol–water partition coefficient (Wildman–Crippen LogP) is 1.16. The van der Waals surface area contributed by atoms with E-state index in [0.717, 1.165) is 45.3 Å². The maximum Gasteiger partial charge on any atom is 0.320 e. The molecule has 18 heavy (non-hydrogen) atoms. The van der Waals surface area contributed by atoms with Crippen LogP contribution in [-0.4, -0.2) is 36.8 Å². The second-order valence-corrected chi connectivity index (χ2v) is 3.69. The summed E-state index contributed by atoms with van der Waals surface area (Å²) in [6.07, 6.45) is 4.70. The lowest BCUT2D eigenvalue weighted by Gasteiger charge is -2.07. The van der Waals surface area contributed by atoms with Crippen LogP contribution in [0.1, 0.15) is 32.1 Å². The second kappa shape index (κ2) is 19.6. The van der Waals surface area contributed by atoms with Crippen molar-refractivity contribution in [3.63, 3.8) is 0 Å². The zero-order chi connectivity index (χ0) is 11.5. The van der Waals surface area contributed by atoms with Gasteiger partial charge in [0.15, 0.2) is 0 Å². The molecule has 0 fully saturated rings. The molecule has 0 unspecified atom stereocenters. The summed E-state index contributed by atoms with van der Waals surface area (Å²) in [5.41, 5.74) is 10.7. The van der Waals surface area contributed by atoms with Crippen LogP contribution in [0.2, 0.25) is 0 Å². The Morgan fingerprint density at radius 3 is 2.11 bits per heavy atom. The minimum atomic E-state index is -0.919. The zero-order valence-corrected chi connectivity index (χ0v) is 12.9. The van der Waals surface area contributed by atoms with Crippen molar-refractivity contribution >= 4 is 43.2 Å². The molecular formula is C10H26Cl3N3O2. The fraction of sp³-hybridized carbons (Fsp3) is 0.900. The molecule has 0 aromatic carbocycles. The molecular weight excluding hydrogens is 300 g/mol. The largest absolute Gasteiger partial charge is 0.480 e. The van der Waals surface area contributed by atoms with Crippen molar-refractivity contribution in [1.29, 1.82) is 0 Å². The molecule has 0 radical (unpaired) electrons. The third-order valence-electron chi connectivity index (χ3n) is 2.24. The smallest absolute Gasteiger partial charge is 0.320 e. The number of nitrogens with one attached hydrogen (secondary N) is 1. The van der Waals surface area contributed by atoms with Crippen molar-refractivity contribution in [3.8, 4) is 0 Å². The lowest BCUT2D eigenvalue weighted by Crippen LogP contribution is -2.31. The van der Waals surface area contributed by atoms with Gasteiger partial charge in [-0.1, -0.05) is 6.42 Å². The summed E-state index contributed by atoms with van der Waals surface area (Å²) in [7, 11) is 0. The first-order valence-electron chi connectivity index (χ1n) is 5.57. The molecule has 0 spiro atoms. The molecule has 6 N–H and O–H groups in total. The average Bonchev–Trinajstić information content (AvgIpc) is 2.21. The molecule has 0 saturated heterocycles. The average molecular weight is 327 g/mol. The molecule has 1 atom stereocenters. The molecule has 114 valence electrons. The Balaban J connectivity index is -0.000000327. The Morgan fingerprint density at radius 1 is 1.06 bits per heavy atom. The molecule has 5 nitrogen and oxygen atoms in total. The molecule has 0 aromatic heterocycles. The standard InChI is InChI=1S/C10H23N3O2.3ClH/c11-6-2-1-3-7-13-8-4-5-9(12)10(14)15;;;/h9,13H,1-8,11-12H2,(H,14,15);3*1H/t9-;;;/m0.../s1. The van der Waals surface area contributed by atoms with Crippen LogP contribution in [-0.2, 0) is 4.79 Å². The molecule has 0 rings (SSSR count). The van der Waals surface area contributed by atoms with Crippen molar-refractivity contribution in [1.82, 2.24) is 5.32 Å². The number of rotatable bonds is 10. The highest BCUT2D eigenvalue weighted by molar-refractivity contribution is 5.86. The number of hydrogen-bond acceptors (Lipinski definition) is 4. The van der Waals surface area contributed by atoms with Crippen molar-refractivity contribution < 1.29 is 9.90 Å². The Labute approximate surface area is 128 Å². The molecule has 0 heterocycles. The van der Waals surface area contributed by atoms with Crippen LogP contribution in [0.4, 0.5) is 0 Å². The summed E-state index contributed by atoms with van der Waals surface area (Å²) in [6, 6.07) is -0.718. The van der Waals surface area contributed by atoms with Gasteiger partial charge in [-0.15, -0.1) is 37.2 Å². The normalized spacial score (nSPS) is 10.6. The number of halogens is 3. The van der Waals surface area contributed by atoms with E-state index < -0.39 is 12.0 Å². The van der Waals surface area contributed by atoms with E-state index in [2.05, 4.69) is 5.32 Å². The SMILES string of the molecule is Cl.Cl.Cl.NCCCCCNCCC[C@H](N)C(=O)O. The summed E-state index contributed by atoms with van der Waals surface area (Å²) in [6.45, 7) is 2.57. The lowest BCUT2D eigenvalue weighted by atomic mass is 10.1. The van der Waals surface area contributed by atoms with Crippen LogP contribution in [0.5, 0.6) is 0 Å². The van der Waals surface area contributed by atoms with Gasteiger partial charge in [-0.05, 0) is 45.3 Å².